The van der Waals surface area contributed by atoms with Crippen LogP contribution in [-0.4, -0.2) is 23.1 Å². The van der Waals surface area contributed by atoms with Crippen molar-refractivity contribution in [3.05, 3.63) is 35.9 Å². The third-order valence-corrected chi connectivity index (χ3v) is 2.64. The van der Waals surface area contributed by atoms with Crippen LogP contribution < -0.4 is 10.8 Å². The van der Waals surface area contributed by atoms with Gasteiger partial charge in [0.1, 0.15) is 6.04 Å². The largest absolute Gasteiger partial charge is 0.344 e. The van der Waals surface area contributed by atoms with Gasteiger partial charge in [0, 0.05) is 12.8 Å². The second kappa shape index (κ2) is 7.53. The summed E-state index contributed by atoms with van der Waals surface area (Å²) in [4.78, 5) is 23.3. The van der Waals surface area contributed by atoms with Crippen molar-refractivity contribution in [1.82, 2.24) is 10.8 Å². The maximum atomic E-state index is 11.7. The summed E-state index contributed by atoms with van der Waals surface area (Å²) in [6.45, 7) is 3.86. The quantitative estimate of drug-likeness (QED) is 0.535. The molecule has 0 aliphatic rings. The average Bonchev–Trinajstić information content (AvgIpc) is 2.37. The van der Waals surface area contributed by atoms with E-state index >= 15 is 0 Å². The molecule has 0 aromatic heterocycles. The minimum atomic E-state index is -0.765. The van der Waals surface area contributed by atoms with E-state index in [4.69, 9.17) is 5.21 Å². The molecule has 0 spiro atoms. The van der Waals surface area contributed by atoms with Gasteiger partial charge in [0.25, 0.3) is 5.91 Å². The summed E-state index contributed by atoms with van der Waals surface area (Å²) in [5.74, 6) is -0.588. The topological polar surface area (TPSA) is 78.4 Å². The van der Waals surface area contributed by atoms with Crippen LogP contribution in [0.15, 0.2) is 30.3 Å². The highest BCUT2D eigenvalue weighted by Gasteiger charge is 2.21. The Morgan fingerprint density at radius 1 is 1.21 bits per heavy atom. The second-order valence-electron chi connectivity index (χ2n) is 4.88. The predicted octanol–water partition coefficient (Wildman–Crippen LogP) is 1.27. The maximum Gasteiger partial charge on any atom is 0.266 e. The van der Waals surface area contributed by atoms with E-state index in [0.717, 1.165) is 5.56 Å². The molecule has 0 saturated heterocycles. The Morgan fingerprint density at radius 2 is 1.84 bits per heavy atom. The SMILES string of the molecule is CC(C)CC(=O)NC(Cc1ccccc1)C(=O)NO. The van der Waals surface area contributed by atoms with Gasteiger partial charge in [-0.1, -0.05) is 44.2 Å². The van der Waals surface area contributed by atoms with Crippen molar-refractivity contribution in [3.63, 3.8) is 0 Å². The Kier molecular flexibility index (Phi) is 6.02. The molecular formula is C14H20N2O3. The highest BCUT2D eigenvalue weighted by atomic mass is 16.5. The van der Waals surface area contributed by atoms with Crippen LogP contribution in [0.2, 0.25) is 0 Å². The standard InChI is InChI=1S/C14H20N2O3/c1-10(2)8-13(17)15-12(14(18)16-19)9-11-6-4-3-5-7-11/h3-7,10,12,19H,8-9H2,1-2H3,(H,15,17)(H,16,18). The Morgan fingerprint density at radius 3 is 2.37 bits per heavy atom. The summed E-state index contributed by atoms with van der Waals surface area (Å²) in [7, 11) is 0. The van der Waals surface area contributed by atoms with E-state index in [1.807, 2.05) is 44.2 Å². The number of carbonyl (C=O) groups is 2. The molecule has 5 heteroatoms. The summed E-state index contributed by atoms with van der Waals surface area (Å²) in [5.41, 5.74) is 2.51. The van der Waals surface area contributed by atoms with E-state index < -0.39 is 11.9 Å². The van der Waals surface area contributed by atoms with Crippen LogP contribution in [-0.2, 0) is 16.0 Å². The molecule has 0 saturated carbocycles. The molecule has 1 unspecified atom stereocenters. The first-order valence-corrected chi connectivity index (χ1v) is 6.30. The van der Waals surface area contributed by atoms with Crippen LogP contribution in [0.4, 0.5) is 0 Å². The van der Waals surface area contributed by atoms with E-state index in [-0.39, 0.29) is 11.8 Å². The van der Waals surface area contributed by atoms with E-state index in [9.17, 15) is 9.59 Å². The second-order valence-corrected chi connectivity index (χ2v) is 4.88. The fraction of sp³-hybridized carbons (Fsp3) is 0.429. The van der Waals surface area contributed by atoms with Crippen molar-refractivity contribution >= 4 is 11.8 Å². The number of benzene rings is 1. The average molecular weight is 264 g/mol. The van der Waals surface area contributed by atoms with Crippen molar-refractivity contribution < 1.29 is 14.8 Å². The predicted molar refractivity (Wildman–Crippen MR) is 71.5 cm³/mol. The van der Waals surface area contributed by atoms with Crippen LogP contribution >= 0.6 is 0 Å². The molecule has 0 fully saturated rings. The lowest BCUT2D eigenvalue weighted by Gasteiger charge is -2.17. The van der Waals surface area contributed by atoms with Gasteiger partial charge in [-0.25, -0.2) is 5.48 Å². The zero-order chi connectivity index (χ0) is 14.3. The van der Waals surface area contributed by atoms with Gasteiger partial charge in [0.2, 0.25) is 5.91 Å². The monoisotopic (exact) mass is 264 g/mol. The van der Waals surface area contributed by atoms with Gasteiger partial charge >= 0.3 is 0 Å². The fourth-order valence-electron chi connectivity index (χ4n) is 1.76. The lowest BCUT2D eigenvalue weighted by atomic mass is 10.0. The first kappa shape index (κ1) is 15.2. The smallest absolute Gasteiger partial charge is 0.266 e. The van der Waals surface area contributed by atoms with Crippen LogP contribution in [0, 0.1) is 5.92 Å². The summed E-state index contributed by atoms with van der Waals surface area (Å²) < 4.78 is 0. The molecule has 0 bridgehead atoms. The van der Waals surface area contributed by atoms with Gasteiger partial charge < -0.3 is 5.32 Å². The molecule has 104 valence electrons. The van der Waals surface area contributed by atoms with Gasteiger partial charge in [0.05, 0.1) is 0 Å². The Labute approximate surface area is 113 Å². The summed E-state index contributed by atoms with van der Waals surface area (Å²) in [5, 5.41) is 11.4. The molecular weight excluding hydrogens is 244 g/mol. The summed E-state index contributed by atoms with van der Waals surface area (Å²) >= 11 is 0. The third-order valence-electron chi connectivity index (χ3n) is 2.64. The molecule has 1 aromatic carbocycles. The molecule has 1 rings (SSSR count). The van der Waals surface area contributed by atoms with Gasteiger partial charge in [-0.3, -0.25) is 14.8 Å². The van der Waals surface area contributed by atoms with E-state index in [1.165, 1.54) is 0 Å². The van der Waals surface area contributed by atoms with Crippen LogP contribution in [0.3, 0.4) is 0 Å². The van der Waals surface area contributed by atoms with E-state index in [0.29, 0.717) is 12.8 Å². The molecule has 0 heterocycles. The number of hydrogen-bond acceptors (Lipinski definition) is 3. The van der Waals surface area contributed by atoms with Gasteiger partial charge in [-0.15, -0.1) is 0 Å². The molecule has 1 aromatic rings. The Bertz CT molecular complexity index is 418. The summed E-state index contributed by atoms with van der Waals surface area (Å²) in [6.07, 6.45) is 0.696. The molecule has 1 atom stereocenters. The molecule has 2 amide bonds. The van der Waals surface area contributed by atoms with Gasteiger partial charge in [-0.2, -0.15) is 0 Å². The number of nitrogens with one attached hydrogen (secondary N) is 2. The maximum absolute atomic E-state index is 11.7. The van der Waals surface area contributed by atoms with Crippen LogP contribution in [0.25, 0.3) is 0 Å². The fourth-order valence-corrected chi connectivity index (χ4v) is 1.76. The number of carbonyl (C=O) groups excluding carboxylic acids is 2. The van der Waals surface area contributed by atoms with Crippen LogP contribution in [0.5, 0.6) is 0 Å². The highest BCUT2D eigenvalue weighted by molar-refractivity contribution is 5.87. The minimum Gasteiger partial charge on any atom is -0.344 e. The lowest BCUT2D eigenvalue weighted by molar-refractivity contribution is -0.134. The number of amides is 2. The molecule has 0 radical (unpaired) electrons. The van der Waals surface area contributed by atoms with Crippen molar-refractivity contribution in [2.75, 3.05) is 0 Å². The Balaban J connectivity index is 2.67. The number of hydrogen-bond donors (Lipinski definition) is 3. The minimum absolute atomic E-state index is 0.195. The highest BCUT2D eigenvalue weighted by Crippen LogP contribution is 2.05. The number of rotatable bonds is 6. The molecule has 0 aliphatic heterocycles. The number of hydroxylamine groups is 1. The zero-order valence-electron chi connectivity index (χ0n) is 11.2. The molecule has 5 nitrogen and oxygen atoms in total. The normalized spacial score (nSPS) is 12.0. The molecule has 19 heavy (non-hydrogen) atoms. The first-order chi connectivity index (χ1) is 9.02. The van der Waals surface area contributed by atoms with Crippen molar-refractivity contribution in [3.8, 4) is 0 Å². The van der Waals surface area contributed by atoms with Crippen LogP contribution in [0.1, 0.15) is 25.8 Å². The summed E-state index contributed by atoms with van der Waals surface area (Å²) in [6, 6.07) is 8.57. The van der Waals surface area contributed by atoms with E-state index in [1.54, 1.807) is 5.48 Å². The van der Waals surface area contributed by atoms with Crippen molar-refractivity contribution in [1.29, 1.82) is 0 Å². The molecule has 0 aliphatic carbocycles. The van der Waals surface area contributed by atoms with Crippen molar-refractivity contribution in [2.45, 2.75) is 32.7 Å². The first-order valence-electron chi connectivity index (χ1n) is 6.30. The molecule has 3 N–H and O–H groups in total. The van der Waals surface area contributed by atoms with Crippen molar-refractivity contribution in [2.24, 2.45) is 5.92 Å². The lowest BCUT2D eigenvalue weighted by Crippen LogP contribution is -2.47. The zero-order valence-corrected chi connectivity index (χ0v) is 11.2. The van der Waals surface area contributed by atoms with Gasteiger partial charge in [0.15, 0.2) is 0 Å². The Hall–Kier alpha value is -1.88. The van der Waals surface area contributed by atoms with E-state index in [2.05, 4.69) is 5.32 Å². The third kappa shape index (κ3) is 5.52. The van der Waals surface area contributed by atoms with Gasteiger partial charge in [-0.05, 0) is 11.5 Å².